The highest BCUT2D eigenvalue weighted by Gasteiger charge is 2.48. The predicted molar refractivity (Wildman–Crippen MR) is 72.2 cm³/mol. The summed E-state index contributed by atoms with van der Waals surface area (Å²) in [4.78, 5) is 19.5. The quantitative estimate of drug-likeness (QED) is 0.354. The van der Waals surface area contributed by atoms with Gasteiger partial charge in [0, 0.05) is 19.3 Å². The molecule has 0 atom stereocenters. The lowest BCUT2D eigenvalue weighted by Crippen LogP contribution is -2.29. The van der Waals surface area contributed by atoms with E-state index in [-0.39, 0.29) is 16.2 Å². The number of thioether (sulfide) groups is 1. The van der Waals surface area contributed by atoms with E-state index in [9.17, 15) is 26.4 Å². The second-order valence-electron chi connectivity index (χ2n) is 3.98. The first-order valence-corrected chi connectivity index (χ1v) is 8.11. The Labute approximate surface area is 126 Å². The van der Waals surface area contributed by atoms with Gasteiger partial charge in [0.1, 0.15) is 0 Å². The lowest BCUT2D eigenvalue weighted by atomic mass is 10.3. The van der Waals surface area contributed by atoms with Crippen LogP contribution in [0.2, 0.25) is 0 Å². The maximum Gasteiger partial charge on any atom is 0.534 e. The largest absolute Gasteiger partial charge is 0.534 e. The molecule has 7 nitrogen and oxygen atoms in total. The van der Waals surface area contributed by atoms with Crippen LogP contribution in [0.5, 0.6) is 5.75 Å². The van der Waals surface area contributed by atoms with Crippen LogP contribution in [0.25, 0.3) is 11.0 Å². The number of aromatic nitrogens is 3. The number of pyridine rings is 1. The topological polar surface area (TPSA) is 91.1 Å². The van der Waals surface area contributed by atoms with Crippen LogP contribution in [0.15, 0.2) is 22.2 Å². The van der Waals surface area contributed by atoms with Crippen LogP contribution < -0.4 is 9.74 Å². The van der Waals surface area contributed by atoms with Crippen molar-refractivity contribution in [2.45, 2.75) is 10.7 Å². The molecule has 0 radical (unpaired) electrons. The number of fused-ring (bicyclic) bond motifs is 1. The molecular formula is C10H8F3N3O4S2. The second kappa shape index (κ2) is 5.43. The van der Waals surface area contributed by atoms with E-state index in [0.29, 0.717) is 6.07 Å². The van der Waals surface area contributed by atoms with Crippen molar-refractivity contribution in [2.24, 2.45) is 7.05 Å². The van der Waals surface area contributed by atoms with Gasteiger partial charge in [-0.2, -0.15) is 21.6 Å². The molecule has 0 bridgehead atoms. The van der Waals surface area contributed by atoms with Gasteiger partial charge in [0.2, 0.25) is 0 Å². The molecule has 0 N–H and O–H groups in total. The minimum absolute atomic E-state index is 0.0424. The summed E-state index contributed by atoms with van der Waals surface area (Å²) in [7, 11) is -4.56. The van der Waals surface area contributed by atoms with E-state index in [1.807, 2.05) is 0 Å². The summed E-state index contributed by atoms with van der Waals surface area (Å²) < 4.78 is 64.4. The third-order valence-electron chi connectivity index (χ3n) is 2.58. The third kappa shape index (κ3) is 2.88. The Morgan fingerprint density at radius 3 is 2.55 bits per heavy atom. The minimum Gasteiger partial charge on any atom is -0.375 e. The van der Waals surface area contributed by atoms with Gasteiger partial charge in [-0.1, -0.05) is 11.8 Å². The van der Waals surface area contributed by atoms with Crippen molar-refractivity contribution < 1.29 is 25.8 Å². The first-order valence-electron chi connectivity index (χ1n) is 5.48. The lowest BCUT2D eigenvalue weighted by molar-refractivity contribution is -0.0499. The highest BCUT2D eigenvalue weighted by molar-refractivity contribution is 7.98. The fourth-order valence-corrected chi connectivity index (χ4v) is 2.32. The summed E-state index contributed by atoms with van der Waals surface area (Å²) in [5.74, 6) is -0.775. The highest BCUT2D eigenvalue weighted by atomic mass is 32.2. The first kappa shape index (κ1) is 16.5. The van der Waals surface area contributed by atoms with E-state index < -0.39 is 26.9 Å². The number of halogens is 3. The Balaban J connectivity index is 2.71. The molecule has 2 heterocycles. The summed E-state index contributed by atoms with van der Waals surface area (Å²) in [6, 6.07) is 0.633. The van der Waals surface area contributed by atoms with Crippen molar-refractivity contribution in [1.82, 2.24) is 14.5 Å². The Morgan fingerprint density at radius 1 is 1.36 bits per heavy atom. The fraction of sp³-hybridized carbons (Fsp3) is 0.300. The van der Waals surface area contributed by atoms with Crippen molar-refractivity contribution in [3.8, 4) is 5.75 Å². The molecule has 0 aromatic carbocycles. The molecule has 0 spiro atoms. The van der Waals surface area contributed by atoms with E-state index in [1.165, 1.54) is 7.05 Å². The van der Waals surface area contributed by atoms with Gasteiger partial charge in [-0.3, -0.25) is 9.36 Å². The van der Waals surface area contributed by atoms with Crippen LogP contribution in [0, 0.1) is 0 Å². The third-order valence-corrected chi connectivity index (χ3v) is 4.11. The standard InChI is InChI=1S/C10H8F3N3O4S2/c1-16-7(17)3-6(20-22(18,19)10(11,12)13)5-4-14-9(21-2)15-8(5)16/h3-4H,1-2H3. The van der Waals surface area contributed by atoms with Gasteiger partial charge in [-0.05, 0) is 6.26 Å². The van der Waals surface area contributed by atoms with E-state index in [4.69, 9.17) is 0 Å². The van der Waals surface area contributed by atoms with Gasteiger partial charge < -0.3 is 4.18 Å². The SMILES string of the molecule is CSc1ncc2c(OS(=O)(=O)C(F)(F)F)cc(=O)n(C)c2n1. The Hall–Kier alpha value is -1.82. The van der Waals surface area contributed by atoms with E-state index in [2.05, 4.69) is 14.2 Å². The maximum atomic E-state index is 12.4. The smallest absolute Gasteiger partial charge is 0.375 e. The zero-order chi connectivity index (χ0) is 16.7. The molecule has 0 saturated heterocycles. The normalized spacial score (nSPS) is 12.6. The van der Waals surface area contributed by atoms with Crippen molar-refractivity contribution in [3.05, 3.63) is 22.6 Å². The van der Waals surface area contributed by atoms with Gasteiger partial charge in [-0.25, -0.2) is 9.97 Å². The van der Waals surface area contributed by atoms with Crippen LogP contribution in [0.3, 0.4) is 0 Å². The average Bonchev–Trinajstić information content (AvgIpc) is 2.42. The van der Waals surface area contributed by atoms with Crippen LogP contribution in [0.1, 0.15) is 0 Å². The first-order chi connectivity index (χ1) is 10.1. The predicted octanol–water partition coefficient (Wildman–Crippen LogP) is 1.28. The van der Waals surface area contributed by atoms with E-state index >= 15 is 0 Å². The number of aryl methyl sites for hydroxylation is 1. The molecular weight excluding hydrogens is 347 g/mol. The van der Waals surface area contributed by atoms with Gasteiger partial charge in [-0.15, -0.1) is 0 Å². The summed E-state index contributed by atoms with van der Waals surface area (Å²) in [5.41, 5.74) is -6.43. The average molecular weight is 355 g/mol. The minimum atomic E-state index is -5.90. The lowest BCUT2D eigenvalue weighted by Gasteiger charge is -2.12. The number of hydrogen-bond donors (Lipinski definition) is 0. The molecule has 22 heavy (non-hydrogen) atoms. The monoisotopic (exact) mass is 355 g/mol. The number of rotatable bonds is 3. The van der Waals surface area contributed by atoms with E-state index in [1.54, 1.807) is 6.26 Å². The van der Waals surface area contributed by atoms with Crippen molar-refractivity contribution in [3.63, 3.8) is 0 Å². The number of alkyl halides is 3. The number of hydrogen-bond acceptors (Lipinski definition) is 7. The zero-order valence-corrected chi connectivity index (χ0v) is 12.7. The van der Waals surface area contributed by atoms with E-state index in [0.717, 1.165) is 22.5 Å². The Bertz CT molecular complexity index is 893. The molecule has 2 rings (SSSR count). The number of nitrogens with zero attached hydrogens (tertiary/aromatic N) is 3. The van der Waals surface area contributed by atoms with Crippen LogP contribution in [-0.4, -0.2) is 34.7 Å². The Morgan fingerprint density at radius 2 is 2.00 bits per heavy atom. The van der Waals surface area contributed by atoms with Crippen molar-refractivity contribution in [2.75, 3.05) is 6.26 Å². The van der Waals surface area contributed by atoms with Gasteiger partial charge in [0.25, 0.3) is 5.56 Å². The Kier molecular flexibility index (Phi) is 4.08. The second-order valence-corrected chi connectivity index (χ2v) is 6.29. The molecule has 0 saturated carbocycles. The van der Waals surface area contributed by atoms with Gasteiger partial charge in [0.05, 0.1) is 5.39 Å². The molecule has 0 amide bonds. The molecule has 0 unspecified atom stereocenters. The molecule has 2 aromatic heterocycles. The maximum absolute atomic E-state index is 12.4. The summed E-state index contributed by atoms with van der Waals surface area (Å²) >= 11 is 1.14. The molecule has 0 fully saturated rings. The van der Waals surface area contributed by atoms with Gasteiger partial charge >= 0.3 is 15.6 Å². The van der Waals surface area contributed by atoms with Gasteiger partial charge in [0.15, 0.2) is 16.6 Å². The summed E-state index contributed by atoms with van der Waals surface area (Å²) in [6.45, 7) is 0. The molecule has 12 heteroatoms. The van der Waals surface area contributed by atoms with Crippen LogP contribution in [-0.2, 0) is 17.2 Å². The summed E-state index contributed by atoms with van der Waals surface area (Å²) in [6.07, 6.45) is 2.75. The molecule has 0 aliphatic heterocycles. The summed E-state index contributed by atoms with van der Waals surface area (Å²) in [5, 5.41) is 0.131. The molecule has 0 aliphatic carbocycles. The van der Waals surface area contributed by atoms with Crippen LogP contribution in [0.4, 0.5) is 13.2 Å². The van der Waals surface area contributed by atoms with Crippen molar-refractivity contribution >= 4 is 32.9 Å². The highest BCUT2D eigenvalue weighted by Crippen LogP contribution is 2.30. The van der Waals surface area contributed by atoms with Crippen LogP contribution >= 0.6 is 11.8 Å². The molecule has 0 aliphatic rings. The molecule has 120 valence electrons. The fourth-order valence-electron chi connectivity index (χ4n) is 1.51. The zero-order valence-electron chi connectivity index (χ0n) is 11.1. The molecule has 2 aromatic rings. The van der Waals surface area contributed by atoms with Crippen molar-refractivity contribution in [1.29, 1.82) is 0 Å².